The molecule has 0 bridgehead atoms. The van der Waals surface area contributed by atoms with Gasteiger partial charge < -0.3 is 14.1 Å². The number of rotatable bonds is 5. The van der Waals surface area contributed by atoms with Crippen LogP contribution in [0.1, 0.15) is 61.7 Å². The number of hydrogen-bond donors (Lipinski definition) is 1. The SMILES string of the molecule is CCN1c2cc(OC)c(/C=N\NC(=O)c3cc4cc(Cl)ccc4o3)cc2C(C)CC1(C)C. The average molecular weight is 454 g/mol. The summed E-state index contributed by atoms with van der Waals surface area (Å²) >= 11 is 6.00. The van der Waals surface area contributed by atoms with Crippen molar-refractivity contribution in [2.24, 2.45) is 5.10 Å². The van der Waals surface area contributed by atoms with E-state index in [-0.39, 0.29) is 11.3 Å². The van der Waals surface area contributed by atoms with Crippen LogP contribution in [0.15, 0.2) is 45.9 Å². The average Bonchev–Trinajstić information content (AvgIpc) is 3.16. The minimum Gasteiger partial charge on any atom is -0.496 e. The Morgan fingerprint density at radius 2 is 2.12 bits per heavy atom. The molecule has 1 N–H and O–H groups in total. The van der Waals surface area contributed by atoms with Crippen molar-refractivity contribution in [3.05, 3.63) is 58.3 Å². The number of halogens is 1. The summed E-state index contributed by atoms with van der Waals surface area (Å²) in [6.45, 7) is 9.89. The second kappa shape index (κ2) is 8.51. The zero-order valence-corrected chi connectivity index (χ0v) is 19.8. The third-order valence-electron chi connectivity index (χ3n) is 6.13. The Balaban J connectivity index is 1.58. The Labute approximate surface area is 193 Å². The van der Waals surface area contributed by atoms with Gasteiger partial charge >= 0.3 is 5.91 Å². The van der Waals surface area contributed by atoms with Crippen LogP contribution < -0.4 is 15.1 Å². The zero-order chi connectivity index (χ0) is 23.0. The number of methoxy groups -OCH3 is 1. The Bertz CT molecular complexity index is 1200. The summed E-state index contributed by atoms with van der Waals surface area (Å²) in [5.74, 6) is 0.852. The van der Waals surface area contributed by atoms with Gasteiger partial charge in [-0.25, -0.2) is 5.43 Å². The third kappa shape index (κ3) is 4.07. The van der Waals surface area contributed by atoms with Crippen molar-refractivity contribution in [2.45, 2.75) is 45.6 Å². The van der Waals surface area contributed by atoms with E-state index in [0.29, 0.717) is 22.3 Å². The van der Waals surface area contributed by atoms with Crippen molar-refractivity contribution in [3.63, 3.8) is 0 Å². The lowest BCUT2D eigenvalue weighted by Gasteiger charge is -2.47. The topological polar surface area (TPSA) is 67.1 Å². The first-order valence-corrected chi connectivity index (χ1v) is 11.1. The molecule has 1 aromatic heterocycles. The van der Waals surface area contributed by atoms with Crippen molar-refractivity contribution in [1.29, 1.82) is 0 Å². The molecule has 1 atom stereocenters. The molecule has 3 aromatic rings. The Kier molecular flexibility index (Phi) is 5.91. The second-order valence-corrected chi connectivity index (χ2v) is 9.24. The van der Waals surface area contributed by atoms with E-state index in [1.165, 1.54) is 11.3 Å². The molecule has 168 valence electrons. The highest BCUT2D eigenvalue weighted by atomic mass is 35.5. The van der Waals surface area contributed by atoms with Gasteiger partial charge in [-0.2, -0.15) is 5.10 Å². The van der Waals surface area contributed by atoms with Gasteiger partial charge in [0.2, 0.25) is 0 Å². The lowest BCUT2D eigenvalue weighted by Crippen LogP contribution is -2.48. The van der Waals surface area contributed by atoms with Crippen LogP contribution in [0, 0.1) is 0 Å². The molecule has 4 rings (SSSR count). The van der Waals surface area contributed by atoms with Crippen LogP contribution in [0.5, 0.6) is 5.75 Å². The maximum absolute atomic E-state index is 12.5. The minimum atomic E-state index is -0.433. The monoisotopic (exact) mass is 453 g/mol. The summed E-state index contributed by atoms with van der Waals surface area (Å²) in [7, 11) is 1.64. The molecular formula is C25H28ClN3O3. The van der Waals surface area contributed by atoms with Crippen molar-refractivity contribution in [1.82, 2.24) is 5.43 Å². The second-order valence-electron chi connectivity index (χ2n) is 8.81. The summed E-state index contributed by atoms with van der Waals surface area (Å²) in [5.41, 5.74) is 6.47. The maximum atomic E-state index is 12.5. The molecule has 0 aliphatic carbocycles. The highest BCUT2D eigenvalue weighted by Crippen LogP contribution is 2.45. The van der Waals surface area contributed by atoms with Gasteiger partial charge in [-0.3, -0.25) is 4.79 Å². The highest BCUT2D eigenvalue weighted by molar-refractivity contribution is 6.31. The molecule has 1 aliphatic heterocycles. The van der Waals surface area contributed by atoms with Gasteiger partial charge in [0.25, 0.3) is 0 Å². The molecule has 1 unspecified atom stereocenters. The number of fused-ring (bicyclic) bond motifs is 2. The van der Waals surface area contributed by atoms with Gasteiger partial charge in [-0.15, -0.1) is 0 Å². The summed E-state index contributed by atoms with van der Waals surface area (Å²) in [4.78, 5) is 14.9. The van der Waals surface area contributed by atoms with Crippen LogP contribution in [0.3, 0.4) is 0 Å². The summed E-state index contributed by atoms with van der Waals surface area (Å²) in [5, 5.41) is 5.50. The van der Waals surface area contributed by atoms with Crippen molar-refractivity contribution in [2.75, 3.05) is 18.6 Å². The van der Waals surface area contributed by atoms with Crippen LogP contribution >= 0.6 is 11.6 Å². The molecule has 7 heteroatoms. The molecule has 1 aliphatic rings. The highest BCUT2D eigenvalue weighted by Gasteiger charge is 2.36. The maximum Gasteiger partial charge on any atom is 0.307 e. The fourth-order valence-electron chi connectivity index (χ4n) is 4.75. The third-order valence-corrected chi connectivity index (χ3v) is 6.36. The van der Waals surface area contributed by atoms with E-state index in [0.717, 1.165) is 23.9 Å². The standard InChI is InChI=1S/C25H28ClN3O3/c1-6-29-20-12-22(31-5)17(10-19(20)15(2)13-25(29,3)4)14-27-28-24(30)23-11-16-9-18(26)7-8-21(16)32-23/h7-12,14-15H,6,13H2,1-5H3,(H,28,30)/b27-14-. The molecule has 0 saturated carbocycles. The number of hydrazone groups is 1. The van der Waals surface area contributed by atoms with Gasteiger partial charge in [0.1, 0.15) is 11.3 Å². The molecule has 2 aromatic carbocycles. The lowest BCUT2D eigenvalue weighted by atomic mass is 9.79. The van der Waals surface area contributed by atoms with Crippen molar-refractivity contribution >= 4 is 40.4 Å². The van der Waals surface area contributed by atoms with E-state index >= 15 is 0 Å². The predicted molar refractivity (Wildman–Crippen MR) is 129 cm³/mol. The molecule has 0 spiro atoms. The number of carbonyl (C=O) groups is 1. The van der Waals surface area contributed by atoms with E-state index < -0.39 is 5.91 Å². The van der Waals surface area contributed by atoms with Crippen molar-refractivity contribution in [3.8, 4) is 5.75 Å². The van der Waals surface area contributed by atoms with Crippen LogP contribution in [0.4, 0.5) is 5.69 Å². The molecule has 2 heterocycles. The Hall–Kier alpha value is -2.99. The number of hydrogen-bond acceptors (Lipinski definition) is 5. The lowest BCUT2D eigenvalue weighted by molar-refractivity contribution is 0.0929. The first-order chi connectivity index (χ1) is 15.2. The number of carbonyl (C=O) groups excluding carboxylic acids is 1. The number of amides is 1. The number of benzene rings is 2. The Morgan fingerprint density at radius 1 is 1.34 bits per heavy atom. The van der Waals surface area contributed by atoms with Gasteiger partial charge in [-0.05, 0) is 69.0 Å². The predicted octanol–water partition coefficient (Wildman–Crippen LogP) is 5.97. The fraction of sp³-hybridized carbons (Fsp3) is 0.360. The molecule has 0 radical (unpaired) electrons. The number of furan rings is 1. The zero-order valence-electron chi connectivity index (χ0n) is 19.0. The van der Waals surface area contributed by atoms with E-state index in [2.05, 4.69) is 55.3 Å². The van der Waals surface area contributed by atoms with Crippen LogP contribution in [0.25, 0.3) is 11.0 Å². The number of nitrogens with one attached hydrogen (secondary N) is 1. The molecule has 6 nitrogen and oxygen atoms in total. The quantitative estimate of drug-likeness (QED) is 0.381. The summed E-state index contributed by atoms with van der Waals surface area (Å²) < 4.78 is 11.2. The minimum absolute atomic E-state index is 0.0760. The van der Waals surface area contributed by atoms with Crippen LogP contribution in [-0.4, -0.2) is 31.3 Å². The first kappa shape index (κ1) is 22.2. The van der Waals surface area contributed by atoms with Gasteiger partial charge in [-0.1, -0.05) is 18.5 Å². The molecule has 0 fully saturated rings. The summed E-state index contributed by atoms with van der Waals surface area (Å²) in [6, 6.07) is 11.0. The van der Waals surface area contributed by atoms with E-state index in [4.69, 9.17) is 20.8 Å². The van der Waals surface area contributed by atoms with Crippen molar-refractivity contribution < 1.29 is 13.9 Å². The first-order valence-electron chi connectivity index (χ1n) is 10.8. The molecular weight excluding hydrogens is 426 g/mol. The van der Waals surface area contributed by atoms with Gasteiger partial charge in [0, 0.05) is 39.8 Å². The fourth-order valence-corrected chi connectivity index (χ4v) is 4.93. The van der Waals surface area contributed by atoms with E-state index in [1.807, 2.05) is 0 Å². The van der Waals surface area contributed by atoms with Gasteiger partial charge in [0.05, 0.1) is 13.3 Å². The summed E-state index contributed by atoms with van der Waals surface area (Å²) in [6.07, 6.45) is 2.67. The number of nitrogens with zero attached hydrogens (tertiary/aromatic N) is 2. The molecule has 32 heavy (non-hydrogen) atoms. The Morgan fingerprint density at radius 3 is 2.84 bits per heavy atom. The van der Waals surface area contributed by atoms with E-state index in [9.17, 15) is 4.79 Å². The largest absolute Gasteiger partial charge is 0.496 e. The number of anilines is 1. The molecule has 1 amide bonds. The van der Waals surface area contributed by atoms with Crippen LogP contribution in [0.2, 0.25) is 5.02 Å². The van der Waals surface area contributed by atoms with Gasteiger partial charge in [0.15, 0.2) is 5.76 Å². The smallest absolute Gasteiger partial charge is 0.307 e. The molecule has 0 saturated heterocycles. The van der Waals surface area contributed by atoms with E-state index in [1.54, 1.807) is 37.6 Å². The normalized spacial score (nSPS) is 17.6. The van der Waals surface area contributed by atoms with Crippen LogP contribution in [-0.2, 0) is 0 Å². The number of ether oxygens (including phenoxy) is 1.